The molecule has 0 fully saturated rings. The third-order valence-corrected chi connectivity index (χ3v) is 2.54. The van der Waals surface area contributed by atoms with Crippen LogP contribution < -0.4 is 10.4 Å². The van der Waals surface area contributed by atoms with E-state index in [4.69, 9.17) is 10.00 Å². The van der Waals surface area contributed by atoms with Gasteiger partial charge in [-0.3, -0.25) is 0 Å². The summed E-state index contributed by atoms with van der Waals surface area (Å²) in [6.07, 6.45) is -0.892. The first kappa shape index (κ1) is 16.5. The van der Waals surface area contributed by atoms with Crippen LogP contribution in [0.1, 0.15) is 31.9 Å². The Morgan fingerprint density at radius 1 is 1.38 bits per heavy atom. The minimum absolute atomic E-state index is 0.0503. The van der Waals surface area contributed by atoms with E-state index in [-0.39, 0.29) is 6.42 Å². The zero-order chi connectivity index (χ0) is 16.0. The van der Waals surface area contributed by atoms with Gasteiger partial charge in [0.05, 0.1) is 23.6 Å². The molecule has 0 saturated carbocycles. The number of ether oxygens (including phenoxy) is 1. The Bertz CT molecular complexity index is 570. The highest BCUT2D eigenvalue weighted by molar-refractivity contribution is 5.79. The summed E-state index contributed by atoms with van der Waals surface area (Å²) < 4.78 is 5.01. The Hall–Kier alpha value is -2.55. The lowest BCUT2D eigenvalue weighted by molar-refractivity contribution is -0.308. The zero-order valence-corrected chi connectivity index (χ0v) is 12.2. The van der Waals surface area contributed by atoms with Gasteiger partial charge >= 0.3 is 6.09 Å². The Labute approximate surface area is 123 Å². The molecule has 0 bridgehead atoms. The van der Waals surface area contributed by atoms with E-state index in [1.807, 2.05) is 6.07 Å². The fraction of sp³-hybridized carbons (Fsp3) is 0.400. The second-order valence-corrected chi connectivity index (χ2v) is 5.49. The highest BCUT2D eigenvalue weighted by Crippen LogP contribution is 2.11. The van der Waals surface area contributed by atoms with Gasteiger partial charge in [0.2, 0.25) is 0 Å². The molecule has 0 unspecified atom stereocenters. The lowest BCUT2D eigenvalue weighted by Crippen LogP contribution is -2.50. The summed E-state index contributed by atoms with van der Waals surface area (Å²) in [5.41, 5.74) is 0.144. The Morgan fingerprint density at radius 3 is 2.52 bits per heavy atom. The molecular formula is C15H17N2O4-. The molecule has 0 aliphatic rings. The van der Waals surface area contributed by atoms with Crippen molar-refractivity contribution >= 4 is 12.1 Å². The van der Waals surface area contributed by atoms with E-state index in [9.17, 15) is 14.7 Å². The van der Waals surface area contributed by atoms with Crippen molar-refractivity contribution in [2.24, 2.45) is 0 Å². The van der Waals surface area contributed by atoms with E-state index >= 15 is 0 Å². The second-order valence-electron chi connectivity index (χ2n) is 5.49. The number of hydrogen-bond acceptors (Lipinski definition) is 5. The summed E-state index contributed by atoms with van der Waals surface area (Å²) in [7, 11) is 0. The predicted molar refractivity (Wildman–Crippen MR) is 73.0 cm³/mol. The van der Waals surface area contributed by atoms with Crippen LogP contribution >= 0.6 is 0 Å². The topological polar surface area (TPSA) is 102 Å². The molecule has 1 N–H and O–H groups in total. The van der Waals surface area contributed by atoms with Crippen LogP contribution in [0.3, 0.4) is 0 Å². The summed E-state index contributed by atoms with van der Waals surface area (Å²) in [6, 6.07) is 7.28. The van der Waals surface area contributed by atoms with Crippen LogP contribution in [0.15, 0.2) is 24.3 Å². The van der Waals surface area contributed by atoms with E-state index < -0.39 is 23.7 Å². The lowest BCUT2D eigenvalue weighted by Gasteiger charge is -2.24. The van der Waals surface area contributed by atoms with Crippen LogP contribution in [0.2, 0.25) is 0 Å². The van der Waals surface area contributed by atoms with Crippen molar-refractivity contribution in [3.8, 4) is 6.07 Å². The highest BCUT2D eigenvalue weighted by Gasteiger charge is 2.21. The van der Waals surface area contributed by atoms with Gasteiger partial charge in [0.25, 0.3) is 0 Å². The van der Waals surface area contributed by atoms with Crippen LogP contribution in [-0.2, 0) is 16.0 Å². The lowest BCUT2D eigenvalue weighted by atomic mass is 10.0. The van der Waals surface area contributed by atoms with E-state index in [2.05, 4.69) is 5.32 Å². The van der Waals surface area contributed by atoms with Crippen molar-refractivity contribution in [3.05, 3.63) is 35.4 Å². The average molecular weight is 289 g/mol. The van der Waals surface area contributed by atoms with E-state index in [1.165, 1.54) is 0 Å². The first-order chi connectivity index (χ1) is 9.73. The number of nitrogens with zero attached hydrogens (tertiary/aromatic N) is 1. The summed E-state index contributed by atoms with van der Waals surface area (Å²) in [6.45, 7) is 5.02. The Balaban J connectivity index is 2.82. The number of hydrogen-bond donors (Lipinski definition) is 1. The van der Waals surface area contributed by atoms with Gasteiger partial charge in [0.15, 0.2) is 0 Å². The van der Waals surface area contributed by atoms with E-state index in [1.54, 1.807) is 45.0 Å². The van der Waals surface area contributed by atoms with Crippen LogP contribution in [-0.4, -0.2) is 23.7 Å². The number of carbonyl (C=O) groups is 2. The summed E-state index contributed by atoms with van der Waals surface area (Å²) in [4.78, 5) is 22.8. The number of alkyl carbamates (subject to hydrolysis) is 1. The average Bonchev–Trinajstić information content (AvgIpc) is 2.36. The number of carboxylic acid groups (broad SMARTS) is 1. The minimum atomic E-state index is -1.44. The molecule has 1 atom stereocenters. The molecule has 112 valence electrons. The number of nitrogens with one attached hydrogen (secondary N) is 1. The van der Waals surface area contributed by atoms with Gasteiger partial charge in [-0.1, -0.05) is 18.2 Å². The number of nitriles is 1. The summed E-state index contributed by atoms with van der Waals surface area (Å²) in [5.74, 6) is -1.44. The molecule has 0 aliphatic heterocycles. The van der Waals surface area contributed by atoms with Crippen molar-refractivity contribution in [3.63, 3.8) is 0 Å². The maximum Gasteiger partial charge on any atom is 0.408 e. The van der Waals surface area contributed by atoms with Crippen LogP contribution in [0.5, 0.6) is 0 Å². The predicted octanol–water partition coefficient (Wildman–Crippen LogP) is 0.744. The van der Waals surface area contributed by atoms with Gasteiger partial charge < -0.3 is 20.0 Å². The second kappa shape index (κ2) is 6.75. The molecule has 1 rings (SSSR count). The first-order valence-corrected chi connectivity index (χ1v) is 6.41. The van der Waals surface area contributed by atoms with Gasteiger partial charge in [-0.05, 0) is 38.8 Å². The molecule has 0 saturated heterocycles. The molecule has 0 spiro atoms. The number of carbonyl (C=O) groups excluding carboxylic acids is 2. The van der Waals surface area contributed by atoms with Crippen molar-refractivity contribution in [2.45, 2.75) is 38.8 Å². The fourth-order valence-electron chi connectivity index (χ4n) is 1.67. The van der Waals surface area contributed by atoms with Crippen LogP contribution in [0.25, 0.3) is 0 Å². The van der Waals surface area contributed by atoms with Crippen molar-refractivity contribution in [1.29, 1.82) is 5.26 Å². The molecular weight excluding hydrogens is 272 g/mol. The molecule has 21 heavy (non-hydrogen) atoms. The maximum atomic E-state index is 11.6. The number of aliphatic carboxylic acids is 1. The summed E-state index contributed by atoms with van der Waals surface area (Å²) in [5, 5.41) is 22.4. The third kappa shape index (κ3) is 5.53. The third-order valence-electron chi connectivity index (χ3n) is 2.54. The molecule has 6 nitrogen and oxygen atoms in total. The SMILES string of the molecule is CC(C)(C)OC(=O)N[C@@H](Cc1ccccc1C#N)C(=O)[O-]. The molecule has 0 aromatic heterocycles. The van der Waals surface area contributed by atoms with Gasteiger partial charge in [0, 0.05) is 0 Å². The van der Waals surface area contributed by atoms with Crippen LogP contribution in [0.4, 0.5) is 4.79 Å². The molecule has 6 heteroatoms. The quantitative estimate of drug-likeness (QED) is 0.880. The van der Waals surface area contributed by atoms with Gasteiger partial charge in [0.1, 0.15) is 5.60 Å². The molecule has 0 radical (unpaired) electrons. The van der Waals surface area contributed by atoms with Crippen molar-refractivity contribution in [1.82, 2.24) is 5.32 Å². The highest BCUT2D eigenvalue weighted by atomic mass is 16.6. The summed E-state index contributed by atoms with van der Waals surface area (Å²) >= 11 is 0. The maximum absolute atomic E-state index is 11.6. The minimum Gasteiger partial charge on any atom is -0.548 e. The van der Waals surface area contributed by atoms with Gasteiger partial charge in [-0.2, -0.15) is 5.26 Å². The Morgan fingerprint density at radius 2 is 2.00 bits per heavy atom. The molecule has 1 aromatic carbocycles. The number of rotatable bonds is 4. The zero-order valence-electron chi connectivity index (χ0n) is 12.2. The first-order valence-electron chi connectivity index (χ1n) is 6.41. The number of benzene rings is 1. The normalized spacial score (nSPS) is 12.1. The van der Waals surface area contributed by atoms with Crippen molar-refractivity contribution < 1.29 is 19.4 Å². The van der Waals surface area contributed by atoms with Gasteiger partial charge in [-0.25, -0.2) is 4.79 Å². The molecule has 1 amide bonds. The molecule has 1 aromatic rings. The molecule has 0 heterocycles. The Kier molecular flexibility index (Phi) is 5.30. The molecule has 0 aliphatic carbocycles. The number of carboxylic acids is 1. The van der Waals surface area contributed by atoms with E-state index in [0.29, 0.717) is 11.1 Å². The van der Waals surface area contributed by atoms with Gasteiger partial charge in [-0.15, -0.1) is 0 Å². The monoisotopic (exact) mass is 289 g/mol. The van der Waals surface area contributed by atoms with Crippen molar-refractivity contribution in [2.75, 3.05) is 0 Å². The fourth-order valence-corrected chi connectivity index (χ4v) is 1.67. The largest absolute Gasteiger partial charge is 0.548 e. The van der Waals surface area contributed by atoms with Crippen LogP contribution in [0, 0.1) is 11.3 Å². The smallest absolute Gasteiger partial charge is 0.408 e. The van der Waals surface area contributed by atoms with E-state index in [0.717, 1.165) is 0 Å². The number of amides is 1. The standard InChI is InChI=1S/C15H18N2O4/c1-15(2,3)21-14(20)17-12(13(18)19)8-10-6-4-5-7-11(10)9-16/h4-7,12H,8H2,1-3H3,(H,17,20)(H,18,19)/p-1/t12-/m0/s1.